The summed E-state index contributed by atoms with van der Waals surface area (Å²) in [4.78, 5) is 44.9. The summed E-state index contributed by atoms with van der Waals surface area (Å²) in [6, 6.07) is 0. The zero-order valence-electron chi connectivity index (χ0n) is 11.6. The van der Waals surface area contributed by atoms with Gasteiger partial charge in [-0.05, 0) is 6.42 Å². The van der Waals surface area contributed by atoms with Crippen molar-refractivity contribution in [2.75, 3.05) is 32.7 Å². The lowest BCUT2D eigenvalue weighted by Crippen LogP contribution is -2.44. The smallest absolute Gasteiger partial charge is 0.323 e. The Labute approximate surface area is 125 Å². The fourth-order valence-electron chi connectivity index (χ4n) is 1.68. The Hall–Kier alpha value is -2.24. The van der Waals surface area contributed by atoms with Gasteiger partial charge in [0.15, 0.2) is 0 Å². The van der Waals surface area contributed by atoms with Crippen molar-refractivity contribution < 1.29 is 44.7 Å². The Kier molecular flexibility index (Phi) is 8.67. The quantitative estimate of drug-likeness (QED) is 0.247. The van der Waals surface area contributed by atoms with E-state index in [1.165, 1.54) is 0 Å². The number of carbonyl (C=O) groups is 4. The van der Waals surface area contributed by atoms with E-state index in [0.717, 1.165) is 4.90 Å². The molecule has 126 valence electrons. The minimum Gasteiger partial charge on any atom is -0.480 e. The van der Waals surface area contributed by atoms with Crippen LogP contribution >= 0.6 is 0 Å². The standard InChI is InChI=1S/C11H18N2O9/c14-7(15)4-12(5-8(16)17)2-1-3-13(6-9(18)19)10(20)11(21)22/h11,21-22H,1-6H2,(H,14,15)(H,16,17)(H,18,19). The largest absolute Gasteiger partial charge is 0.480 e. The second kappa shape index (κ2) is 9.65. The van der Waals surface area contributed by atoms with Gasteiger partial charge in [0.25, 0.3) is 5.91 Å². The van der Waals surface area contributed by atoms with Gasteiger partial charge in [-0.2, -0.15) is 0 Å². The minimum absolute atomic E-state index is 0.0243. The van der Waals surface area contributed by atoms with Crippen molar-refractivity contribution in [3.05, 3.63) is 0 Å². The van der Waals surface area contributed by atoms with Gasteiger partial charge in [-0.1, -0.05) is 0 Å². The number of aliphatic hydroxyl groups is 2. The van der Waals surface area contributed by atoms with E-state index in [4.69, 9.17) is 25.5 Å². The maximum atomic E-state index is 11.4. The fraction of sp³-hybridized carbons (Fsp3) is 0.636. The minimum atomic E-state index is -2.35. The Morgan fingerprint density at radius 3 is 1.59 bits per heavy atom. The summed E-state index contributed by atoms with van der Waals surface area (Å²) < 4.78 is 0. The molecule has 11 heteroatoms. The molecule has 11 nitrogen and oxygen atoms in total. The highest BCUT2D eigenvalue weighted by Gasteiger charge is 2.22. The monoisotopic (exact) mass is 322 g/mol. The number of hydrogen-bond acceptors (Lipinski definition) is 7. The number of hydrogen-bond donors (Lipinski definition) is 5. The Morgan fingerprint density at radius 2 is 1.23 bits per heavy atom. The Bertz CT molecular complexity index is 408. The highest BCUT2D eigenvalue weighted by molar-refractivity contribution is 5.83. The first-order chi connectivity index (χ1) is 10.1. The first kappa shape index (κ1) is 19.8. The van der Waals surface area contributed by atoms with Crippen LogP contribution < -0.4 is 0 Å². The fourth-order valence-corrected chi connectivity index (χ4v) is 1.68. The van der Waals surface area contributed by atoms with Crippen LogP contribution in [0, 0.1) is 0 Å². The van der Waals surface area contributed by atoms with Crippen molar-refractivity contribution in [1.82, 2.24) is 9.80 Å². The molecule has 0 spiro atoms. The van der Waals surface area contributed by atoms with Crippen LogP contribution in [0.15, 0.2) is 0 Å². The summed E-state index contributed by atoms with van der Waals surface area (Å²) in [5.74, 6) is -5.02. The molecule has 0 saturated carbocycles. The number of aliphatic carboxylic acids is 3. The lowest BCUT2D eigenvalue weighted by atomic mass is 10.3. The van der Waals surface area contributed by atoms with Gasteiger partial charge >= 0.3 is 17.9 Å². The normalized spacial score (nSPS) is 10.7. The van der Waals surface area contributed by atoms with E-state index in [2.05, 4.69) is 0 Å². The van der Waals surface area contributed by atoms with E-state index < -0.39 is 49.7 Å². The summed E-state index contributed by atoms with van der Waals surface area (Å²) in [6.07, 6.45) is -2.29. The molecule has 1 amide bonds. The maximum absolute atomic E-state index is 11.4. The van der Waals surface area contributed by atoms with E-state index in [1.807, 2.05) is 0 Å². The average Bonchev–Trinajstić information content (AvgIpc) is 2.34. The summed E-state index contributed by atoms with van der Waals surface area (Å²) in [5, 5.41) is 43.4. The molecule has 0 unspecified atom stereocenters. The first-order valence-corrected chi connectivity index (χ1v) is 6.16. The van der Waals surface area contributed by atoms with Crippen LogP contribution in [0.3, 0.4) is 0 Å². The molecule has 0 aromatic rings. The zero-order chi connectivity index (χ0) is 17.3. The second-order valence-corrected chi connectivity index (χ2v) is 4.38. The molecule has 0 atom stereocenters. The summed E-state index contributed by atoms with van der Waals surface area (Å²) in [6.45, 7) is -2.03. The number of nitrogens with zero attached hydrogens (tertiary/aromatic N) is 2. The molecule has 0 aromatic heterocycles. The molecule has 22 heavy (non-hydrogen) atoms. The van der Waals surface area contributed by atoms with Crippen molar-refractivity contribution in [2.45, 2.75) is 12.7 Å². The molecule has 0 radical (unpaired) electrons. The summed E-state index contributed by atoms with van der Waals surface area (Å²) in [7, 11) is 0. The summed E-state index contributed by atoms with van der Waals surface area (Å²) >= 11 is 0. The number of aliphatic hydroxyl groups excluding tert-OH is 1. The van der Waals surface area contributed by atoms with E-state index in [1.54, 1.807) is 0 Å². The molecule has 0 fully saturated rings. The zero-order valence-corrected chi connectivity index (χ0v) is 11.6. The van der Waals surface area contributed by atoms with Gasteiger partial charge in [0.1, 0.15) is 6.54 Å². The van der Waals surface area contributed by atoms with Crippen molar-refractivity contribution in [3.63, 3.8) is 0 Å². The van der Waals surface area contributed by atoms with Gasteiger partial charge in [-0.15, -0.1) is 0 Å². The third kappa shape index (κ3) is 8.84. The number of carboxylic acids is 3. The molecular formula is C11H18N2O9. The number of rotatable bonds is 11. The molecule has 5 N–H and O–H groups in total. The van der Waals surface area contributed by atoms with Crippen LogP contribution in [0.5, 0.6) is 0 Å². The molecule has 0 aliphatic carbocycles. The van der Waals surface area contributed by atoms with Crippen LogP contribution in [-0.2, 0) is 19.2 Å². The van der Waals surface area contributed by atoms with E-state index in [9.17, 15) is 19.2 Å². The number of carbonyl (C=O) groups excluding carboxylic acids is 1. The van der Waals surface area contributed by atoms with E-state index >= 15 is 0 Å². The molecule has 0 aliphatic heterocycles. The van der Waals surface area contributed by atoms with Crippen LogP contribution in [0.2, 0.25) is 0 Å². The van der Waals surface area contributed by atoms with Crippen LogP contribution in [0.25, 0.3) is 0 Å². The molecular weight excluding hydrogens is 304 g/mol. The van der Waals surface area contributed by atoms with Gasteiger partial charge in [-0.25, -0.2) is 0 Å². The molecule has 0 rings (SSSR count). The lowest BCUT2D eigenvalue weighted by molar-refractivity contribution is -0.162. The highest BCUT2D eigenvalue weighted by Crippen LogP contribution is 1.99. The lowest BCUT2D eigenvalue weighted by Gasteiger charge is -2.23. The van der Waals surface area contributed by atoms with Crippen LogP contribution in [0.4, 0.5) is 0 Å². The molecule has 0 saturated heterocycles. The van der Waals surface area contributed by atoms with Gasteiger partial charge < -0.3 is 30.4 Å². The first-order valence-electron chi connectivity index (χ1n) is 6.16. The maximum Gasteiger partial charge on any atom is 0.323 e. The van der Waals surface area contributed by atoms with E-state index in [-0.39, 0.29) is 19.5 Å². The molecule has 0 bridgehead atoms. The number of amides is 1. The van der Waals surface area contributed by atoms with Gasteiger partial charge in [0.2, 0.25) is 6.29 Å². The van der Waals surface area contributed by atoms with Crippen LogP contribution in [0.1, 0.15) is 6.42 Å². The van der Waals surface area contributed by atoms with Gasteiger partial charge in [-0.3, -0.25) is 24.1 Å². The molecule has 0 aliphatic rings. The molecule has 0 aromatic carbocycles. The van der Waals surface area contributed by atoms with E-state index in [0.29, 0.717) is 4.90 Å². The average molecular weight is 322 g/mol. The third-order valence-corrected chi connectivity index (χ3v) is 2.48. The van der Waals surface area contributed by atoms with Crippen molar-refractivity contribution in [3.8, 4) is 0 Å². The third-order valence-electron chi connectivity index (χ3n) is 2.48. The predicted octanol–water partition coefficient (Wildman–Crippen LogP) is -2.93. The van der Waals surface area contributed by atoms with Crippen LogP contribution in [-0.4, -0.2) is 98.2 Å². The van der Waals surface area contributed by atoms with Crippen molar-refractivity contribution in [2.24, 2.45) is 0 Å². The van der Waals surface area contributed by atoms with Gasteiger partial charge in [0.05, 0.1) is 13.1 Å². The SMILES string of the molecule is O=C(O)CN(CCCN(CC(=O)O)C(=O)C(O)O)CC(=O)O. The second-order valence-electron chi connectivity index (χ2n) is 4.38. The number of carboxylic acid groups (broad SMARTS) is 3. The Balaban J connectivity index is 4.54. The topological polar surface area (TPSA) is 176 Å². The Morgan fingerprint density at radius 1 is 0.773 bits per heavy atom. The summed E-state index contributed by atoms with van der Waals surface area (Å²) in [5.41, 5.74) is 0. The molecule has 0 heterocycles. The highest BCUT2D eigenvalue weighted by atomic mass is 16.5. The van der Waals surface area contributed by atoms with Crippen molar-refractivity contribution in [1.29, 1.82) is 0 Å². The van der Waals surface area contributed by atoms with Crippen molar-refractivity contribution >= 4 is 23.8 Å². The predicted molar refractivity (Wildman–Crippen MR) is 68.8 cm³/mol. The van der Waals surface area contributed by atoms with Gasteiger partial charge in [0, 0.05) is 13.1 Å².